The molecule has 1 aliphatic heterocycles. The largest absolute Gasteiger partial charge is 0.444 e. The number of aryl methyl sites for hydroxylation is 2. The average molecular weight is 304 g/mol. The van der Waals surface area contributed by atoms with E-state index in [-0.39, 0.29) is 18.1 Å². The van der Waals surface area contributed by atoms with Crippen molar-refractivity contribution in [1.82, 2.24) is 4.90 Å². The number of carbonyl (C=O) groups is 1. The van der Waals surface area contributed by atoms with E-state index in [4.69, 9.17) is 10.5 Å². The van der Waals surface area contributed by atoms with Gasteiger partial charge in [0.05, 0.1) is 0 Å². The molecule has 4 nitrogen and oxygen atoms in total. The zero-order valence-electron chi connectivity index (χ0n) is 14.3. The highest BCUT2D eigenvalue weighted by atomic mass is 16.6. The van der Waals surface area contributed by atoms with Crippen LogP contribution >= 0.6 is 0 Å². The van der Waals surface area contributed by atoms with Gasteiger partial charge in [-0.3, -0.25) is 0 Å². The first-order valence-electron chi connectivity index (χ1n) is 7.98. The fraction of sp³-hybridized carbons (Fsp3) is 0.611. The molecule has 0 aromatic heterocycles. The Balaban J connectivity index is 2.03. The summed E-state index contributed by atoms with van der Waals surface area (Å²) in [6, 6.07) is 6.35. The highest BCUT2D eigenvalue weighted by Gasteiger charge is 2.33. The minimum absolute atomic E-state index is 0.0349. The van der Waals surface area contributed by atoms with Gasteiger partial charge in [-0.05, 0) is 58.1 Å². The van der Waals surface area contributed by atoms with E-state index in [9.17, 15) is 4.79 Å². The van der Waals surface area contributed by atoms with Crippen molar-refractivity contribution in [1.29, 1.82) is 0 Å². The molecule has 1 aromatic rings. The molecule has 1 saturated heterocycles. The Morgan fingerprint density at radius 1 is 1.36 bits per heavy atom. The lowest BCUT2D eigenvalue weighted by atomic mass is 9.89. The Morgan fingerprint density at radius 3 is 2.68 bits per heavy atom. The van der Waals surface area contributed by atoms with Gasteiger partial charge in [-0.15, -0.1) is 0 Å². The van der Waals surface area contributed by atoms with Gasteiger partial charge in [-0.2, -0.15) is 0 Å². The van der Waals surface area contributed by atoms with E-state index in [0.717, 1.165) is 13.0 Å². The third-order valence-corrected chi connectivity index (χ3v) is 4.18. The normalized spacial score (nSPS) is 20.1. The third-order valence-electron chi connectivity index (χ3n) is 4.18. The molecule has 0 bridgehead atoms. The van der Waals surface area contributed by atoms with Crippen LogP contribution in [0.4, 0.5) is 4.79 Å². The summed E-state index contributed by atoms with van der Waals surface area (Å²) in [5.74, 6) is 0.285. The van der Waals surface area contributed by atoms with Gasteiger partial charge in [0.25, 0.3) is 0 Å². The first-order valence-corrected chi connectivity index (χ1v) is 7.98. The molecular formula is C18H28N2O2. The predicted molar refractivity (Wildman–Crippen MR) is 88.8 cm³/mol. The van der Waals surface area contributed by atoms with Gasteiger partial charge >= 0.3 is 6.09 Å². The van der Waals surface area contributed by atoms with Crippen LogP contribution in [0.2, 0.25) is 0 Å². The van der Waals surface area contributed by atoms with Crippen LogP contribution in [0.25, 0.3) is 0 Å². The Hall–Kier alpha value is -1.55. The van der Waals surface area contributed by atoms with E-state index in [1.807, 2.05) is 20.8 Å². The van der Waals surface area contributed by atoms with Crippen molar-refractivity contribution >= 4 is 6.09 Å². The van der Waals surface area contributed by atoms with Gasteiger partial charge in [-0.1, -0.05) is 23.8 Å². The maximum absolute atomic E-state index is 12.1. The fourth-order valence-electron chi connectivity index (χ4n) is 2.95. The molecule has 4 heteroatoms. The number of nitrogens with zero attached hydrogens (tertiary/aromatic N) is 1. The number of hydrogen-bond acceptors (Lipinski definition) is 3. The monoisotopic (exact) mass is 304 g/mol. The van der Waals surface area contributed by atoms with Crippen molar-refractivity contribution in [2.75, 3.05) is 13.1 Å². The number of amides is 1. The van der Waals surface area contributed by atoms with Crippen LogP contribution in [-0.4, -0.2) is 29.7 Å². The van der Waals surface area contributed by atoms with E-state index in [1.165, 1.54) is 16.7 Å². The summed E-state index contributed by atoms with van der Waals surface area (Å²) in [7, 11) is 0. The van der Waals surface area contributed by atoms with E-state index >= 15 is 0 Å². The Labute approximate surface area is 133 Å². The Bertz CT molecular complexity index is 549. The summed E-state index contributed by atoms with van der Waals surface area (Å²) in [5, 5.41) is 0. The number of likely N-dealkylation sites (tertiary alicyclic amines) is 1. The molecular weight excluding hydrogens is 276 g/mol. The minimum Gasteiger partial charge on any atom is -0.444 e. The molecule has 1 fully saturated rings. The van der Waals surface area contributed by atoms with Crippen molar-refractivity contribution in [3.63, 3.8) is 0 Å². The summed E-state index contributed by atoms with van der Waals surface area (Å²) in [6.07, 6.45) is 0.691. The van der Waals surface area contributed by atoms with Crippen molar-refractivity contribution in [3.05, 3.63) is 34.9 Å². The topological polar surface area (TPSA) is 55.6 Å². The lowest BCUT2D eigenvalue weighted by Crippen LogP contribution is -2.36. The van der Waals surface area contributed by atoms with E-state index in [1.54, 1.807) is 4.90 Å². The van der Waals surface area contributed by atoms with Crippen LogP contribution in [0.1, 0.15) is 49.9 Å². The molecule has 1 aromatic carbocycles. The molecule has 2 atom stereocenters. The number of carbonyl (C=O) groups excluding carboxylic acids is 1. The van der Waals surface area contributed by atoms with Crippen molar-refractivity contribution in [2.45, 2.75) is 52.7 Å². The molecule has 0 radical (unpaired) electrons. The summed E-state index contributed by atoms with van der Waals surface area (Å²) < 4.78 is 5.44. The van der Waals surface area contributed by atoms with Crippen molar-refractivity contribution in [3.8, 4) is 0 Å². The molecule has 2 unspecified atom stereocenters. The lowest BCUT2D eigenvalue weighted by molar-refractivity contribution is 0.0286. The third kappa shape index (κ3) is 4.01. The zero-order chi connectivity index (χ0) is 16.5. The van der Waals surface area contributed by atoms with Crippen LogP contribution in [0.15, 0.2) is 18.2 Å². The molecule has 0 aliphatic carbocycles. The Kier molecular flexibility index (Phi) is 4.81. The summed E-state index contributed by atoms with van der Waals surface area (Å²) in [4.78, 5) is 13.9. The zero-order valence-corrected chi connectivity index (χ0v) is 14.3. The molecule has 122 valence electrons. The van der Waals surface area contributed by atoms with Gasteiger partial charge in [0.1, 0.15) is 5.60 Å². The SMILES string of the molecule is Cc1ccc(C)c(C(N)C2CCN(C(=O)OC(C)(C)C)C2)c1. The summed E-state index contributed by atoms with van der Waals surface area (Å²) >= 11 is 0. The molecule has 22 heavy (non-hydrogen) atoms. The second-order valence-corrected chi connectivity index (χ2v) is 7.36. The predicted octanol–water partition coefficient (Wildman–Crippen LogP) is 3.56. The van der Waals surface area contributed by atoms with E-state index in [0.29, 0.717) is 6.54 Å². The van der Waals surface area contributed by atoms with Crippen LogP contribution in [0, 0.1) is 19.8 Å². The van der Waals surface area contributed by atoms with Gasteiger partial charge in [-0.25, -0.2) is 4.79 Å². The van der Waals surface area contributed by atoms with E-state index in [2.05, 4.69) is 32.0 Å². The fourth-order valence-corrected chi connectivity index (χ4v) is 2.95. The molecule has 2 rings (SSSR count). The van der Waals surface area contributed by atoms with Gasteiger partial charge in [0, 0.05) is 19.1 Å². The van der Waals surface area contributed by atoms with Crippen LogP contribution < -0.4 is 5.73 Å². The van der Waals surface area contributed by atoms with Gasteiger partial charge < -0.3 is 15.4 Å². The lowest BCUT2D eigenvalue weighted by Gasteiger charge is -2.25. The van der Waals surface area contributed by atoms with Crippen LogP contribution in [-0.2, 0) is 4.74 Å². The maximum atomic E-state index is 12.1. The number of ether oxygens (including phenoxy) is 1. The molecule has 1 aliphatic rings. The first kappa shape index (κ1) is 16.8. The summed E-state index contributed by atoms with van der Waals surface area (Å²) in [6.45, 7) is 11.2. The molecule has 2 N–H and O–H groups in total. The highest BCUT2D eigenvalue weighted by molar-refractivity contribution is 5.68. The highest BCUT2D eigenvalue weighted by Crippen LogP contribution is 2.31. The summed E-state index contributed by atoms with van der Waals surface area (Å²) in [5.41, 5.74) is 9.65. The molecule has 1 amide bonds. The van der Waals surface area contributed by atoms with Gasteiger partial charge in [0.2, 0.25) is 0 Å². The van der Waals surface area contributed by atoms with Gasteiger partial charge in [0.15, 0.2) is 0 Å². The standard InChI is InChI=1S/C18H28N2O2/c1-12-6-7-13(2)15(10-12)16(19)14-8-9-20(11-14)17(21)22-18(3,4)5/h6-7,10,14,16H,8-9,11,19H2,1-5H3. The number of nitrogens with two attached hydrogens (primary N) is 1. The van der Waals surface area contributed by atoms with Crippen LogP contribution in [0.3, 0.4) is 0 Å². The second kappa shape index (κ2) is 6.29. The van der Waals surface area contributed by atoms with Crippen LogP contribution in [0.5, 0.6) is 0 Å². The number of rotatable bonds is 2. The number of benzene rings is 1. The minimum atomic E-state index is -0.454. The Morgan fingerprint density at radius 2 is 2.05 bits per heavy atom. The quantitative estimate of drug-likeness (QED) is 0.909. The molecule has 1 heterocycles. The smallest absolute Gasteiger partial charge is 0.410 e. The second-order valence-electron chi connectivity index (χ2n) is 7.36. The molecule has 0 saturated carbocycles. The van der Waals surface area contributed by atoms with E-state index < -0.39 is 5.60 Å². The van der Waals surface area contributed by atoms with Crippen molar-refractivity contribution in [2.24, 2.45) is 11.7 Å². The van der Waals surface area contributed by atoms with Crippen molar-refractivity contribution < 1.29 is 9.53 Å². The average Bonchev–Trinajstić information content (AvgIpc) is 2.88. The maximum Gasteiger partial charge on any atom is 0.410 e. The first-order chi connectivity index (χ1) is 10.2. The number of hydrogen-bond donors (Lipinski definition) is 1. The molecule has 0 spiro atoms.